The van der Waals surface area contributed by atoms with Gasteiger partial charge in [-0.15, -0.1) is 0 Å². The molecule has 2 aliphatic heterocycles. The number of benzene rings is 2. The maximum absolute atomic E-state index is 13.8. The third-order valence-electron chi connectivity index (χ3n) is 5.99. The molecule has 8 heteroatoms. The van der Waals surface area contributed by atoms with Gasteiger partial charge in [0.25, 0.3) is 0 Å². The standard InChI is InChI=1S/C23H15N3O5/c1-26-16-8-7-11(30-2)9-14(16)23(22(26)29)15(10-24)21(25)31-20-17(23)18(27)12-5-3-4-6-13(12)19(20)28/h3-9H,25H2,1-2H3. The van der Waals surface area contributed by atoms with Gasteiger partial charge in [0.15, 0.2) is 11.5 Å². The number of ether oxygens (including phenoxy) is 2. The Morgan fingerprint density at radius 3 is 2.42 bits per heavy atom. The number of hydrogen-bond donors (Lipinski definition) is 1. The van der Waals surface area contributed by atoms with Crippen molar-refractivity contribution in [2.75, 3.05) is 19.1 Å². The van der Waals surface area contributed by atoms with E-state index in [1.54, 1.807) is 30.3 Å². The second kappa shape index (κ2) is 6.06. The number of rotatable bonds is 1. The monoisotopic (exact) mass is 413 g/mol. The highest BCUT2D eigenvalue weighted by atomic mass is 16.5. The number of anilines is 1. The molecule has 2 aromatic carbocycles. The summed E-state index contributed by atoms with van der Waals surface area (Å²) < 4.78 is 10.8. The summed E-state index contributed by atoms with van der Waals surface area (Å²) in [6.07, 6.45) is 0. The van der Waals surface area contributed by atoms with E-state index in [0.717, 1.165) is 0 Å². The van der Waals surface area contributed by atoms with E-state index < -0.39 is 22.9 Å². The lowest BCUT2D eigenvalue weighted by Gasteiger charge is -2.37. The first kappa shape index (κ1) is 18.6. The van der Waals surface area contributed by atoms with Crippen molar-refractivity contribution < 1.29 is 23.9 Å². The lowest BCUT2D eigenvalue weighted by molar-refractivity contribution is -0.120. The summed E-state index contributed by atoms with van der Waals surface area (Å²) in [5, 5.41) is 9.99. The smallest absolute Gasteiger partial charge is 0.247 e. The Kier molecular flexibility index (Phi) is 3.64. The van der Waals surface area contributed by atoms with Crippen molar-refractivity contribution in [3.63, 3.8) is 0 Å². The zero-order valence-electron chi connectivity index (χ0n) is 16.6. The molecule has 152 valence electrons. The van der Waals surface area contributed by atoms with Gasteiger partial charge in [-0.3, -0.25) is 14.4 Å². The molecule has 2 N–H and O–H groups in total. The molecule has 1 unspecified atom stereocenters. The van der Waals surface area contributed by atoms with Gasteiger partial charge >= 0.3 is 0 Å². The van der Waals surface area contributed by atoms with Gasteiger partial charge in [-0.1, -0.05) is 24.3 Å². The molecule has 0 saturated carbocycles. The van der Waals surface area contributed by atoms with Gasteiger partial charge in [0.05, 0.1) is 12.7 Å². The van der Waals surface area contributed by atoms with Crippen LogP contribution in [-0.2, 0) is 14.9 Å². The van der Waals surface area contributed by atoms with E-state index in [-0.39, 0.29) is 33.9 Å². The van der Waals surface area contributed by atoms with Crippen molar-refractivity contribution in [1.82, 2.24) is 0 Å². The first-order valence-corrected chi connectivity index (χ1v) is 9.36. The van der Waals surface area contributed by atoms with E-state index >= 15 is 0 Å². The number of carbonyl (C=O) groups excluding carboxylic acids is 3. The number of nitrogens with two attached hydrogens (primary N) is 1. The summed E-state index contributed by atoms with van der Waals surface area (Å²) in [7, 11) is 3.00. The first-order valence-electron chi connectivity index (χ1n) is 9.36. The predicted molar refractivity (Wildman–Crippen MR) is 108 cm³/mol. The van der Waals surface area contributed by atoms with Gasteiger partial charge in [-0.2, -0.15) is 5.26 Å². The van der Waals surface area contributed by atoms with Gasteiger partial charge in [0, 0.05) is 29.4 Å². The minimum absolute atomic E-state index is 0.138. The Balaban J connectivity index is 1.93. The van der Waals surface area contributed by atoms with Gasteiger partial charge in [0.1, 0.15) is 22.8 Å². The molecule has 8 nitrogen and oxygen atoms in total. The van der Waals surface area contributed by atoms with Crippen molar-refractivity contribution >= 4 is 23.2 Å². The van der Waals surface area contributed by atoms with E-state index in [1.807, 2.05) is 6.07 Å². The summed E-state index contributed by atoms with van der Waals surface area (Å²) in [4.78, 5) is 42.0. The predicted octanol–water partition coefficient (Wildman–Crippen LogP) is 1.97. The van der Waals surface area contributed by atoms with Crippen molar-refractivity contribution in [3.8, 4) is 11.8 Å². The van der Waals surface area contributed by atoms with E-state index in [1.165, 1.54) is 31.2 Å². The number of fused-ring (bicyclic) bond motifs is 4. The molecule has 0 bridgehead atoms. The number of hydrogen-bond acceptors (Lipinski definition) is 7. The Morgan fingerprint density at radius 1 is 1.10 bits per heavy atom. The van der Waals surface area contributed by atoms with Crippen molar-refractivity contribution in [2.24, 2.45) is 5.73 Å². The third-order valence-corrected chi connectivity index (χ3v) is 5.99. The van der Waals surface area contributed by atoms with Crippen LogP contribution in [-0.4, -0.2) is 31.6 Å². The van der Waals surface area contributed by atoms with Gasteiger partial charge in [-0.25, -0.2) is 0 Å². The zero-order chi connectivity index (χ0) is 22.1. The maximum Gasteiger partial charge on any atom is 0.247 e. The number of ketones is 2. The molecule has 1 aliphatic carbocycles. The van der Waals surface area contributed by atoms with Crippen LogP contribution in [0.2, 0.25) is 0 Å². The highest BCUT2D eigenvalue weighted by Crippen LogP contribution is 2.56. The lowest BCUT2D eigenvalue weighted by Crippen LogP contribution is -2.49. The van der Waals surface area contributed by atoms with Gasteiger partial charge in [0.2, 0.25) is 17.6 Å². The molecule has 1 amide bonds. The number of nitriles is 1. The minimum atomic E-state index is -1.91. The van der Waals surface area contributed by atoms with Crippen LogP contribution in [0.5, 0.6) is 5.75 Å². The fraction of sp³-hybridized carbons (Fsp3) is 0.130. The quantitative estimate of drug-likeness (QED) is 0.758. The summed E-state index contributed by atoms with van der Waals surface area (Å²) in [6.45, 7) is 0. The van der Waals surface area contributed by atoms with Crippen molar-refractivity contribution in [3.05, 3.63) is 81.9 Å². The number of nitrogens with zero attached hydrogens (tertiary/aromatic N) is 2. The summed E-state index contributed by atoms with van der Waals surface area (Å²) in [5.41, 5.74) is 4.78. The minimum Gasteiger partial charge on any atom is -0.497 e. The van der Waals surface area contributed by atoms with Crippen LogP contribution in [0.3, 0.4) is 0 Å². The molecule has 2 aromatic rings. The van der Waals surface area contributed by atoms with Crippen LogP contribution in [0.4, 0.5) is 5.69 Å². The van der Waals surface area contributed by atoms with Crippen molar-refractivity contribution in [1.29, 1.82) is 5.26 Å². The molecule has 2 heterocycles. The number of Topliss-reactive ketones (excluding diaryl/α,β-unsaturated/α-hetero) is 2. The Hall–Kier alpha value is -4.38. The van der Waals surface area contributed by atoms with Gasteiger partial charge < -0.3 is 20.1 Å². The molecule has 1 atom stereocenters. The molecule has 3 aliphatic rings. The average molecular weight is 413 g/mol. The number of carbonyl (C=O) groups is 3. The van der Waals surface area contributed by atoms with Crippen molar-refractivity contribution in [2.45, 2.75) is 5.41 Å². The number of likely N-dealkylation sites (N-methyl/N-ethyl adjacent to an activating group) is 1. The van der Waals surface area contributed by atoms with Crippen LogP contribution < -0.4 is 15.4 Å². The van der Waals surface area contributed by atoms with E-state index in [4.69, 9.17) is 15.2 Å². The van der Waals surface area contributed by atoms with E-state index in [0.29, 0.717) is 17.0 Å². The molecule has 5 rings (SSSR count). The van der Waals surface area contributed by atoms with Gasteiger partial charge in [-0.05, 0) is 18.2 Å². The number of amides is 1. The van der Waals surface area contributed by atoms with E-state index in [2.05, 4.69) is 0 Å². The second-order valence-electron chi connectivity index (χ2n) is 7.36. The van der Waals surface area contributed by atoms with Crippen LogP contribution in [0.1, 0.15) is 26.3 Å². The molecule has 0 radical (unpaired) electrons. The molecule has 31 heavy (non-hydrogen) atoms. The molecular formula is C23H15N3O5. The van der Waals surface area contributed by atoms with Crippen LogP contribution in [0, 0.1) is 11.3 Å². The molecule has 0 saturated heterocycles. The normalized spacial score (nSPS) is 21.6. The topological polar surface area (TPSA) is 123 Å². The average Bonchev–Trinajstić information content (AvgIpc) is 2.99. The highest BCUT2D eigenvalue weighted by molar-refractivity contribution is 6.31. The Labute approximate surface area is 176 Å². The Bertz CT molecular complexity index is 1350. The molecule has 1 spiro atoms. The third kappa shape index (κ3) is 2.04. The van der Waals surface area contributed by atoms with Crippen LogP contribution in [0.15, 0.2) is 65.3 Å². The fourth-order valence-corrected chi connectivity index (χ4v) is 4.59. The number of methoxy groups -OCH3 is 1. The summed E-state index contributed by atoms with van der Waals surface area (Å²) in [6, 6.07) is 13.1. The van der Waals surface area contributed by atoms with E-state index in [9.17, 15) is 19.6 Å². The zero-order valence-corrected chi connectivity index (χ0v) is 16.6. The SMILES string of the molecule is COc1ccc2c(c1)C1(C(=O)N2C)C(C#N)=C(N)OC2=C1C(=O)c1ccccc1C2=O. The maximum atomic E-state index is 13.8. The van der Waals surface area contributed by atoms with Crippen LogP contribution >= 0.6 is 0 Å². The fourth-order valence-electron chi connectivity index (χ4n) is 4.59. The molecule has 0 aromatic heterocycles. The Morgan fingerprint density at radius 2 is 1.77 bits per heavy atom. The number of allylic oxidation sites excluding steroid dienone is 1. The summed E-state index contributed by atoms with van der Waals surface area (Å²) >= 11 is 0. The summed E-state index contributed by atoms with van der Waals surface area (Å²) in [5.74, 6) is -2.02. The largest absolute Gasteiger partial charge is 0.497 e. The lowest BCUT2D eigenvalue weighted by atomic mass is 9.64. The highest BCUT2D eigenvalue weighted by Gasteiger charge is 2.63. The van der Waals surface area contributed by atoms with Crippen LogP contribution in [0.25, 0.3) is 0 Å². The second-order valence-corrected chi connectivity index (χ2v) is 7.36. The first-order chi connectivity index (χ1) is 14.9. The molecule has 0 fully saturated rings. The molecular weight excluding hydrogens is 398 g/mol.